The third-order valence-electron chi connectivity index (χ3n) is 3.35. The first kappa shape index (κ1) is 15.6. The summed E-state index contributed by atoms with van der Waals surface area (Å²) in [5.74, 6) is -0.791. The highest BCUT2D eigenvalue weighted by Crippen LogP contribution is 2.19. The van der Waals surface area contributed by atoms with Gasteiger partial charge < -0.3 is 15.2 Å². The van der Waals surface area contributed by atoms with Gasteiger partial charge in [0, 0.05) is 16.3 Å². The molecule has 0 aliphatic rings. The van der Waals surface area contributed by atoms with Crippen molar-refractivity contribution in [1.82, 2.24) is 20.2 Å². The molecule has 0 atom stereocenters. The Kier molecular flexibility index (Phi) is 4.40. The monoisotopic (exact) mass is 332 g/mol. The van der Waals surface area contributed by atoms with Crippen LogP contribution in [-0.4, -0.2) is 34.9 Å². The number of aromatic amines is 1. The molecule has 0 aliphatic heterocycles. The number of carbonyl (C=O) groups excluding carboxylic acids is 1. The molecule has 0 unspecified atom stereocenters. The molecule has 0 bridgehead atoms. The Bertz CT molecular complexity index is 840. The Morgan fingerprint density at radius 2 is 2.13 bits per heavy atom. The smallest absolute Gasteiger partial charge is 0.253 e. The van der Waals surface area contributed by atoms with Gasteiger partial charge in [-0.1, -0.05) is 0 Å². The molecule has 0 spiro atoms. The summed E-state index contributed by atoms with van der Waals surface area (Å²) in [5.41, 5.74) is 1.23. The van der Waals surface area contributed by atoms with E-state index < -0.39 is 5.82 Å². The fourth-order valence-corrected chi connectivity index (χ4v) is 3.44. The quantitative estimate of drug-likeness (QED) is 0.755. The Morgan fingerprint density at radius 1 is 1.35 bits per heavy atom. The van der Waals surface area contributed by atoms with Gasteiger partial charge in [0.05, 0.1) is 24.0 Å². The maximum Gasteiger partial charge on any atom is 0.253 e. The number of imidazole rings is 1. The molecule has 120 valence electrons. The minimum atomic E-state index is -0.462. The number of fused-ring (bicyclic) bond motifs is 1. The van der Waals surface area contributed by atoms with Crippen molar-refractivity contribution in [1.29, 1.82) is 0 Å². The lowest BCUT2D eigenvalue weighted by Gasteiger charge is -2.06. The second kappa shape index (κ2) is 6.47. The Labute approximate surface area is 137 Å². The van der Waals surface area contributed by atoms with E-state index in [0.29, 0.717) is 17.6 Å². The Hall–Kier alpha value is -2.25. The number of amides is 1. The molecule has 0 radical (unpaired) electrons. The molecule has 23 heavy (non-hydrogen) atoms. The molecule has 3 rings (SSSR count). The van der Waals surface area contributed by atoms with Gasteiger partial charge in [0.1, 0.15) is 11.3 Å². The van der Waals surface area contributed by atoms with Crippen molar-refractivity contribution in [2.24, 2.45) is 0 Å². The van der Waals surface area contributed by atoms with E-state index in [0.717, 1.165) is 11.4 Å². The van der Waals surface area contributed by atoms with Crippen molar-refractivity contribution in [2.45, 2.75) is 13.1 Å². The van der Waals surface area contributed by atoms with Gasteiger partial charge in [0.2, 0.25) is 0 Å². The van der Waals surface area contributed by atoms with Crippen LogP contribution >= 0.6 is 11.3 Å². The molecule has 2 N–H and O–H groups in total. The number of hydrogen-bond donors (Lipinski definition) is 2. The van der Waals surface area contributed by atoms with Crippen LogP contribution < -0.4 is 5.32 Å². The summed E-state index contributed by atoms with van der Waals surface area (Å²) in [6.45, 7) is 1.29. The van der Waals surface area contributed by atoms with E-state index in [1.165, 1.54) is 23.3 Å². The standard InChI is InChI=1S/C16H17FN4OS/c1-21(2)8-12-4-3-11(23-12)7-18-16(22)13-5-10(17)6-14-15(13)20-9-19-14/h3-6,9H,7-8H2,1-2H3,(H,18,22)(H,19,20). The highest BCUT2D eigenvalue weighted by atomic mass is 32.1. The zero-order valence-corrected chi connectivity index (χ0v) is 13.7. The molecule has 0 saturated heterocycles. The van der Waals surface area contributed by atoms with Gasteiger partial charge >= 0.3 is 0 Å². The lowest BCUT2D eigenvalue weighted by molar-refractivity contribution is 0.0952. The van der Waals surface area contributed by atoms with Crippen LogP contribution in [-0.2, 0) is 13.1 Å². The number of H-pyrrole nitrogens is 1. The number of carbonyl (C=O) groups is 1. The molecular formula is C16H17FN4OS. The van der Waals surface area contributed by atoms with Gasteiger partial charge in [0.15, 0.2) is 0 Å². The molecule has 2 heterocycles. The fraction of sp³-hybridized carbons (Fsp3) is 0.250. The number of rotatable bonds is 5. The first-order valence-corrected chi connectivity index (χ1v) is 7.98. The third-order valence-corrected chi connectivity index (χ3v) is 4.42. The molecule has 1 amide bonds. The molecule has 5 nitrogen and oxygen atoms in total. The number of hydrogen-bond acceptors (Lipinski definition) is 4. The van der Waals surface area contributed by atoms with Gasteiger partial charge in [-0.15, -0.1) is 11.3 Å². The van der Waals surface area contributed by atoms with Crippen molar-refractivity contribution in [3.05, 3.63) is 51.7 Å². The summed E-state index contributed by atoms with van der Waals surface area (Å²) in [6.07, 6.45) is 1.45. The van der Waals surface area contributed by atoms with Gasteiger partial charge in [0.25, 0.3) is 5.91 Å². The van der Waals surface area contributed by atoms with Crippen molar-refractivity contribution in [3.63, 3.8) is 0 Å². The van der Waals surface area contributed by atoms with E-state index in [4.69, 9.17) is 0 Å². The molecule has 2 aromatic heterocycles. The van der Waals surface area contributed by atoms with Crippen molar-refractivity contribution in [3.8, 4) is 0 Å². The van der Waals surface area contributed by atoms with Crippen molar-refractivity contribution < 1.29 is 9.18 Å². The molecule has 0 saturated carbocycles. The number of thiophene rings is 1. The molecule has 0 aliphatic carbocycles. The lowest BCUT2D eigenvalue weighted by atomic mass is 10.1. The molecule has 0 fully saturated rings. The van der Waals surface area contributed by atoms with Gasteiger partial charge in [-0.3, -0.25) is 4.79 Å². The maximum absolute atomic E-state index is 13.6. The number of aromatic nitrogens is 2. The first-order chi connectivity index (χ1) is 11.0. The van der Waals surface area contributed by atoms with E-state index in [1.807, 2.05) is 20.2 Å². The summed E-state index contributed by atoms with van der Waals surface area (Å²) in [5, 5.41) is 2.83. The minimum Gasteiger partial charge on any atom is -0.347 e. The van der Waals surface area contributed by atoms with Crippen LogP contribution in [0, 0.1) is 5.82 Å². The van der Waals surface area contributed by atoms with Crippen LogP contribution in [0.2, 0.25) is 0 Å². The molecular weight excluding hydrogens is 315 g/mol. The zero-order chi connectivity index (χ0) is 16.4. The largest absolute Gasteiger partial charge is 0.347 e. The highest BCUT2D eigenvalue weighted by Gasteiger charge is 2.14. The van der Waals surface area contributed by atoms with E-state index in [2.05, 4.69) is 26.3 Å². The third kappa shape index (κ3) is 3.57. The van der Waals surface area contributed by atoms with Crippen LogP contribution in [0.3, 0.4) is 0 Å². The summed E-state index contributed by atoms with van der Waals surface area (Å²) in [7, 11) is 4.03. The average molecular weight is 332 g/mol. The zero-order valence-electron chi connectivity index (χ0n) is 12.9. The normalized spacial score (nSPS) is 11.3. The van der Waals surface area contributed by atoms with Gasteiger partial charge in [-0.05, 0) is 38.4 Å². The summed E-state index contributed by atoms with van der Waals surface area (Å²) in [4.78, 5) is 23.6. The minimum absolute atomic E-state index is 0.242. The number of benzene rings is 1. The van der Waals surface area contributed by atoms with Gasteiger partial charge in [-0.25, -0.2) is 9.37 Å². The van der Waals surface area contributed by atoms with Crippen LogP contribution in [0.1, 0.15) is 20.1 Å². The maximum atomic E-state index is 13.6. The molecule has 1 aromatic carbocycles. The second-order valence-electron chi connectivity index (χ2n) is 5.54. The number of halogens is 1. The number of nitrogens with zero attached hydrogens (tertiary/aromatic N) is 2. The second-order valence-corrected chi connectivity index (χ2v) is 6.79. The Morgan fingerprint density at radius 3 is 2.91 bits per heavy atom. The SMILES string of the molecule is CN(C)Cc1ccc(CNC(=O)c2cc(F)cc3[nH]cnc23)s1. The predicted octanol–water partition coefficient (Wildman–Crippen LogP) is 2.76. The fourth-order valence-electron chi connectivity index (χ4n) is 2.36. The highest BCUT2D eigenvalue weighted by molar-refractivity contribution is 7.11. The van der Waals surface area contributed by atoms with E-state index in [-0.39, 0.29) is 11.5 Å². The van der Waals surface area contributed by atoms with E-state index in [1.54, 1.807) is 11.3 Å². The van der Waals surface area contributed by atoms with Crippen LogP contribution in [0.25, 0.3) is 11.0 Å². The first-order valence-electron chi connectivity index (χ1n) is 7.16. The average Bonchev–Trinajstić information content (AvgIpc) is 3.12. The lowest BCUT2D eigenvalue weighted by Crippen LogP contribution is -2.22. The molecule has 3 aromatic rings. The van der Waals surface area contributed by atoms with Crippen LogP contribution in [0.4, 0.5) is 4.39 Å². The van der Waals surface area contributed by atoms with E-state index in [9.17, 15) is 9.18 Å². The van der Waals surface area contributed by atoms with Crippen LogP contribution in [0.15, 0.2) is 30.6 Å². The molecule has 7 heteroatoms. The summed E-state index contributed by atoms with van der Waals surface area (Å²) >= 11 is 1.65. The van der Waals surface area contributed by atoms with E-state index >= 15 is 0 Å². The predicted molar refractivity (Wildman–Crippen MR) is 88.9 cm³/mol. The van der Waals surface area contributed by atoms with Crippen molar-refractivity contribution in [2.75, 3.05) is 14.1 Å². The summed E-state index contributed by atoms with van der Waals surface area (Å²) < 4.78 is 13.6. The van der Waals surface area contributed by atoms with Crippen molar-refractivity contribution >= 4 is 28.3 Å². The number of nitrogens with one attached hydrogen (secondary N) is 2. The topological polar surface area (TPSA) is 61.0 Å². The van der Waals surface area contributed by atoms with Gasteiger partial charge in [-0.2, -0.15) is 0 Å². The Balaban J connectivity index is 1.71. The van der Waals surface area contributed by atoms with Crippen LogP contribution in [0.5, 0.6) is 0 Å². The summed E-state index contributed by atoms with van der Waals surface area (Å²) in [6, 6.07) is 6.59.